The zero-order chi connectivity index (χ0) is 15.2. The van der Waals surface area contributed by atoms with Gasteiger partial charge in [-0.1, -0.05) is 64.0 Å². The molecule has 0 spiro atoms. The third kappa shape index (κ3) is 4.62. The summed E-state index contributed by atoms with van der Waals surface area (Å²) in [6.45, 7) is 0. The van der Waals surface area contributed by atoms with Gasteiger partial charge in [-0.2, -0.15) is 0 Å². The van der Waals surface area contributed by atoms with E-state index in [0.717, 1.165) is 21.9 Å². The van der Waals surface area contributed by atoms with E-state index in [1.54, 1.807) is 14.2 Å². The van der Waals surface area contributed by atoms with Crippen LogP contribution < -0.4 is 9.47 Å². The summed E-state index contributed by atoms with van der Waals surface area (Å²) in [6, 6.07) is 4.06. The number of hydrogen-bond acceptors (Lipinski definition) is 2. The molecule has 1 aromatic carbocycles. The monoisotopic (exact) mass is 418 g/mol. The number of benzene rings is 1. The molecule has 0 bridgehead atoms. The topological polar surface area (TPSA) is 18.5 Å². The average molecular weight is 420 g/mol. The molecule has 0 aromatic heterocycles. The molecule has 0 N–H and O–H groups in total. The van der Waals surface area contributed by atoms with Gasteiger partial charge in [0.1, 0.15) is 0 Å². The SMILES string of the molecule is COc1cc(Br)c(C(Br)CCC2CCCCC2)cc1OC. The Hall–Kier alpha value is -0.220. The minimum absolute atomic E-state index is 0.355. The van der Waals surface area contributed by atoms with E-state index in [-0.39, 0.29) is 0 Å². The predicted octanol–water partition coefficient (Wildman–Crippen LogP) is 6.26. The van der Waals surface area contributed by atoms with Crippen molar-refractivity contribution in [1.29, 1.82) is 0 Å². The lowest BCUT2D eigenvalue weighted by Crippen LogP contribution is -2.07. The van der Waals surface area contributed by atoms with Gasteiger partial charge in [-0.3, -0.25) is 0 Å². The lowest BCUT2D eigenvalue weighted by molar-refractivity contribution is 0.332. The van der Waals surface area contributed by atoms with Crippen molar-refractivity contribution in [2.24, 2.45) is 5.92 Å². The van der Waals surface area contributed by atoms with E-state index >= 15 is 0 Å². The van der Waals surface area contributed by atoms with Crippen molar-refractivity contribution >= 4 is 31.9 Å². The molecule has 21 heavy (non-hydrogen) atoms. The Morgan fingerprint density at radius 1 is 1.10 bits per heavy atom. The quantitative estimate of drug-likeness (QED) is 0.506. The molecule has 1 aliphatic carbocycles. The van der Waals surface area contributed by atoms with E-state index in [9.17, 15) is 0 Å². The highest BCUT2D eigenvalue weighted by molar-refractivity contribution is 9.11. The Bertz CT molecular complexity index is 456. The molecule has 2 rings (SSSR count). The summed E-state index contributed by atoms with van der Waals surface area (Å²) in [7, 11) is 3.35. The van der Waals surface area contributed by atoms with Crippen molar-refractivity contribution in [2.45, 2.75) is 49.8 Å². The molecule has 1 aromatic rings. The molecule has 118 valence electrons. The molecule has 0 aliphatic heterocycles. The maximum absolute atomic E-state index is 5.41. The first-order valence-electron chi connectivity index (χ1n) is 7.71. The van der Waals surface area contributed by atoms with E-state index in [4.69, 9.17) is 9.47 Å². The molecule has 0 radical (unpaired) electrons. The highest BCUT2D eigenvalue weighted by Gasteiger charge is 2.19. The van der Waals surface area contributed by atoms with Crippen molar-refractivity contribution in [2.75, 3.05) is 14.2 Å². The molecular weight excluding hydrogens is 396 g/mol. The van der Waals surface area contributed by atoms with Crippen molar-refractivity contribution in [3.63, 3.8) is 0 Å². The van der Waals surface area contributed by atoms with Gasteiger partial charge in [0.15, 0.2) is 11.5 Å². The zero-order valence-electron chi connectivity index (χ0n) is 12.8. The van der Waals surface area contributed by atoms with Crippen molar-refractivity contribution in [3.8, 4) is 11.5 Å². The van der Waals surface area contributed by atoms with Crippen molar-refractivity contribution in [1.82, 2.24) is 0 Å². The Morgan fingerprint density at radius 2 is 1.71 bits per heavy atom. The molecule has 1 aliphatic rings. The van der Waals surface area contributed by atoms with Crippen LogP contribution >= 0.6 is 31.9 Å². The number of methoxy groups -OCH3 is 2. The van der Waals surface area contributed by atoms with E-state index in [1.807, 2.05) is 6.07 Å². The molecule has 4 heteroatoms. The van der Waals surface area contributed by atoms with Crippen LogP contribution in [0.15, 0.2) is 16.6 Å². The lowest BCUT2D eigenvalue weighted by Gasteiger charge is -2.23. The van der Waals surface area contributed by atoms with Gasteiger partial charge in [-0.15, -0.1) is 0 Å². The van der Waals surface area contributed by atoms with E-state index < -0.39 is 0 Å². The van der Waals surface area contributed by atoms with Gasteiger partial charge < -0.3 is 9.47 Å². The molecule has 0 amide bonds. The number of hydrogen-bond donors (Lipinski definition) is 0. The summed E-state index contributed by atoms with van der Waals surface area (Å²) in [5.41, 5.74) is 1.24. The number of rotatable bonds is 6. The molecule has 1 fully saturated rings. The van der Waals surface area contributed by atoms with Crippen LogP contribution in [0.5, 0.6) is 11.5 Å². The van der Waals surface area contributed by atoms with Gasteiger partial charge >= 0.3 is 0 Å². The lowest BCUT2D eigenvalue weighted by atomic mass is 9.85. The summed E-state index contributed by atoms with van der Waals surface area (Å²) < 4.78 is 11.8. The van der Waals surface area contributed by atoms with E-state index in [1.165, 1.54) is 50.5 Å². The van der Waals surface area contributed by atoms with Gasteiger partial charge in [0, 0.05) is 9.30 Å². The molecule has 2 nitrogen and oxygen atoms in total. The molecule has 0 heterocycles. The summed E-state index contributed by atoms with van der Waals surface area (Å²) >= 11 is 7.50. The van der Waals surface area contributed by atoms with Gasteiger partial charge in [0.25, 0.3) is 0 Å². The Kier molecular flexibility index (Phi) is 6.87. The smallest absolute Gasteiger partial charge is 0.161 e. The second-order valence-corrected chi connectivity index (χ2v) is 7.74. The Morgan fingerprint density at radius 3 is 2.33 bits per heavy atom. The van der Waals surface area contributed by atoms with Crippen LogP contribution in [0.4, 0.5) is 0 Å². The van der Waals surface area contributed by atoms with Gasteiger partial charge in [-0.05, 0) is 36.5 Å². The first-order chi connectivity index (χ1) is 10.2. The highest BCUT2D eigenvalue weighted by Crippen LogP contribution is 2.41. The Labute approximate surface area is 144 Å². The normalized spacial score (nSPS) is 17.5. The minimum atomic E-state index is 0.355. The van der Waals surface area contributed by atoms with Crippen LogP contribution in [0.1, 0.15) is 55.3 Å². The maximum atomic E-state index is 5.41. The summed E-state index contributed by atoms with van der Waals surface area (Å²) in [6.07, 6.45) is 9.54. The summed E-state index contributed by atoms with van der Waals surface area (Å²) in [5, 5.41) is 0. The fourth-order valence-electron chi connectivity index (χ4n) is 3.12. The number of halogens is 2. The second-order valence-electron chi connectivity index (χ2n) is 5.78. The molecule has 1 unspecified atom stereocenters. The van der Waals surface area contributed by atoms with Gasteiger partial charge in [-0.25, -0.2) is 0 Å². The minimum Gasteiger partial charge on any atom is -0.493 e. The molecular formula is C17H24Br2O2. The molecule has 0 saturated heterocycles. The van der Waals surface area contributed by atoms with Gasteiger partial charge in [0.2, 0.25) is 0 Å². The third-order valence-electron chi connectivity index (χ3n) is 4.39. The molecule has 1 saturated carbocycles. The zero-order valence-corrected chi connectivity index (χ0v) is 16.0. The van der Waals surface area contributed by atoms with E-state index in [2.05, 4.69) is 37.9 Å². The van der Waals surface area contributed by atoms with Crippen molar-refractivity contribution < 1.29 is 9.47 Å². The van der Waals surface area contributed by atoms with Crippen LogP contribution in [0, 0.1) is 5.92 Å². The summed E-state index contributed by atoms with van der Waals surface area (Å²) in [5.74, 6) is 2.47. The average Bonchev–Trinajstić information content (AvgIpc) is 2.53. The highest BCUT2D eigenvalue weighted by atomic mass is 79.9. The maximum Gasteiger partial charge on any atom is 0.161 e. The van der Waals surface area contributed by atoms with Crippen molar-refractivity contribution in [3.05, 3.63) is 22.2 Å². The number of ether oxygens (including phenoxy) is 2. The first kappa shape index (κ1) is 17.1. The fraction of sp³-hybridized carbons (Fsp3) is 0.647. The second kappa shape index (κ2) is 8.42. The molecule has 1 atom stereocenters. The standard InChI is InChI=1S/C17H24Br2O2/c1-20-16-10-13(15(19)11-17(16)21-2)14(18)9-8-12-6-4-3-5-7-12/h10-12,14H,3-9H2,1-2H3. The number of alkyl halides is 1. The predicted molar refractivity (Wildman–Crippen MR) is 94.7 cm³/mol. The van der Waals surface area contributed by atoms with Crippen LogP contribution in [-0.2, 0) is 0 Å². The largest absolute Gasteiger partial charge is 0.493 e. The first-order valence-corrected chi connectivity index (χ1v) is 9.42. The van der Waals surface area contributed by atoms with Gasteiger partial charge in [0.05, 0.1) is 14.2 Å². The third-order valence-corrected chi connectivity index (χ3v) is 6.03. The van der Waals surface area contributed by atoms with Crippen LogP contribution in [-0.4, -0.2) is 14.2 Å². The summed E-state index contributed by atoms with van der Waals surface area (Å²) in [4.78, 5) is 0.355. The van der Waals surface area contributed by atoms with Crippen LogP contribution in [0.2, 0.25) is 0 Å². The Balaban J connectivity index is 2.02. The fourth-order valence-corrected chi connectivity index (χ4v) is 4.67. The van der Waals surface area contributed by atoms with Crippen LogP contribution in [0.25, 0.3) is 0 Å². The van der Waals surface area contributed by atoms with E-state index in [0.29, 0.717) is 4.83 Å². The van der Waals surface area contributed by atoms with Crippen LogP contribution in [0.3, 0.4) is 0 Å².